The molecular formula is C13H19N3O2S. The Balaban J connectivity index is 1.98. The van der Waals surface area contributed by atoms with Crippen molar-refractivity contribution in [1.82, 2.24) is 4.98 Å². The zero-order valence-corrected chi connectivity index (χ0v) is 12.1. The quantitative estimate of drug-likeness (QED) is 0.677. The molecule has 1 aromatic rings. The lowest BCUT2D eigenvalue weighted by Crippen LogP contribution is -2.27. The van der Waals surface area contributed by atoms with E-state index in [0.29, 0.717) is 6.04 Å². The van der Waals surface area contributed by atoms with E-state index in [1.54, 1.807) is 6.07 Å². The van der Waals surface area contributed by atoms with E-state index in [-0.39, 0.29) is 5.69 Å². The maximum absolute atomic E-state index is 10.7. The predicted octanol–water partition coefficient (Wildman–Crippen LogP) is 3.38. The second-order valence-corrected chi connectivity index (χ2v) is 6.11. The van der Waals surface area contributed by atoms with Crippen LogP contribution in [-0.2, 0) is 0 Å². The molecule has 1 aliphatic carbocycles. The highest BCUT2D eigenvalue weighted by Gasteiger charge is 2.21. The van der Waals surface area contributed by atoms with E-state index in [0.717, 1.165) is 29.5 Å². The first kappa shape index (κ1) is 14.1. The molecule has 1 saturated carbocycles. The molecule has 0 saturated heterocycles. The van der Waals surface area contributed by atoms with Gasteiger partial charge in [-0.15, -0.1) is 0 Å². The summed E-state index contributed by atoms with van der Waals surface area (Å²) in [5, 5.41) is 14.9. The second kappa shape index (κ2) is 6.23. The van der Waals surface area contributed by atoms with Crippen molar-refractivity contribution in [2.24, 2.45) is 0 Å². The molecule has 1 fully saturated rings. The minimum absolute atomic E-state index is 0.0501. The van der Waals surface area contributed by atoms with Crippen LogP contribution in [-0.4, -0.2) is 27.5 Å². The van der Waals surface area contributed by atoms with Gasteiger partial charge < -0.3 is 5.32 Å². The van der Waals surface area contributed by atoms with E-state index < -0.39 is 4.92 Å². The number of thioether (sulfide) groups is 1. The van der Waals surface area contributed by atoms with E-state index >= 15 is 0 Å². The van der Waals surface area contributed by atoms with E-state index in [2.05, 4.69) is 16.6 Å². The van der Waals surface area contributed by atoms with Crippen molar-refractivity contribution in [3.8, 4) is 0 Å². The highest BCUT2D eigenvalue weighted by molar-refractivity contribution is 7.99. The largest absolute Gasteiger partial charge is 0.367 e. The lowest BCUT2D eigenvalue weighted by atomic mass is 9.95. The number of aromatic nitrogens is 1. The Kier molecular flexibility index (Phi) is 4.63. The summed E-state index contributed by atoms with van der Waals surface area (Å²) >= 11 is 1.94. The van der Waals surface area contributed by atoms with Gasteiger partial charge in [0, 0.05) is 17.4 Å². The van der Waals surface area contributed by atoms with Crippen LogP contribution in [0.5, 0.6) is 0 Å². The highest BCUT2D eigenvalue weighted by atomic mass is 32.2. The molecule has 0 spiro atoms. The van der Waals surface area contributed by atoms with Gasteiger partial charge in [0.15, 0.2) is 0 Å². The Hall–Kier alpha value is -1.30. The molecule has 1 aromatic heterocycles. The van der Waals surface area contributed by atoms with Gasteiger partial charge in [0.2, 0.25) is 0 Å². The number of anilines is 1. The van der Waals surface area contributed by atoms with Crippen molar-refractivity contribution >= 4 is 23.3 Å². The van der Waals surface area contributed by atoms with Gasteiger partial charge in [-0.2, -0.15) is 11.8 Å². The Bertz CT molecular complexity index is 459. The summed E-state index contributed by atoms with van der Waals surface area (Å²) in [6, 6.07) is 2.01. The van der Waals surface area contributed by atoms with Crippen molar-refractivity contribution in [3.05, 3.63) is 27.9 Å². The molecule has 1 aliphatic rings. The molecule has 6 heteroatoms. The van der Waals surface area contributed by atoms with Crippen LogP contribution in [0.25, 0.3) is 0 Å². The first-order chi connectivity index (χ1) is 9.10. The monoisotopic (exact) mass is 281 g/mol. The van der Waals surface area contributed by atoms with Crippen molar-refractivity contribution in [1.29, 1.82) is 0 Å². The normalized spacial score (nSPS) is 23.1. The van der Waals surface area contributed by atoms with Crippen LogP contribution < -0.4 is 5.32 Å². The molecule has 0 amide bonds. The standard InChI is InChI=1S/C13H19N3O2S/c1-9-7-11(16(17)18)8-14-13(9)15-10-3-5-12(19-2)6-4-10/h7-8,10,12H,3-6H2,1-2H3,(H,14,15). The predicted molar refractivity (Wildman–Crippen MR) is 78.8 cm³/mol. The van der Waals surface area contributed by atoms with E-state index in [1.165, 1.54) is 19.0 Å². The number of hydrogen-bond donors (Lipinski definition) is 1. The zero-order valence-electron chi connectivity index (χ0n) is 11.3. The first-order valence-electron chi connectivity index (χ1n) is 6.50. The average molecular weight is 281 g/mol. The van der Waals surface area contributed by atoms with Gasteiger partial charge in [-0.3, -0.25) is 10.1 Å². The summed E-state index contributed by atoms with van der Waals surface area (Å²) in [6.07, 6.45) is 8.23. The summed E-state index contributed by atoms with van der Waals surface area (Å²) in [5.41, 5.74) is 0.885. The van der Waals surface area contributed by atoms with Crippen LogP contribution in [0.15, 0.2) is 12.3 Å². The molecule has 0 bridgehead atoms. The molecule has 104 valence electrons. The molecule has 1 N–H and O–H groups in total. The van der Waals surface area contributed by atoms with E-state index in [9.17, 15) is 10.1 Å². The number of rotatable bonds is 4. The molecule has 19 heavy (non-hydrogen) atoms. The summed E-state index contributed by atoms with van der Waals surface area (Å²) in [5.74, 6) is 0.776. The molecule has 0 radical (unpaired) electrons. The topological polar surface area (TPSA) is 68.1 Å². The third-order valence-corrected chi connectivity index (χ3v) is 4.76. The summed E-state index contributed by atoms with van der Waals surface area (Å²) < 4.78 is 0. The summed E-state index contributed by atoms with van der Waals surface area (Å²) in [6.45, 7) is 1.86. The van der Waals surface area contributed by atoms with Crippen LogP contribution in [0.1, 0.15) is 31.2 Å². The van der Waals surface area contributed by atoms with E-state index in [1.807, 2.05) is 18.7 Å². The van der Waals surface area contributed by atoms with Crippen molar-refractivity contribution in [2.75, 3.05) is 11.6 Å². The van der Waals surface area contributed by atoms with Crippen LogP contribution >= 0.6 is 11.8 Å². The summed E-state index contributed by atoms with van der Waals surface area (Å²) in [7, 11) is 0. The average Bonchev–Trinajstić information content (AvgIpc) is 2.41. The highest BCUT2D eigenvalue weighted by Crippen LogP contribution is 2.29. The van der Waals surface area contributed by atoms with Crippen LogP contribution in [0.4, 0.5) is 11.5 Å². The number of hydrogen-bond acceptors (Lipinski definition) is 5. The Morgan fingerprint density at radius 2 is 2.11 bits per heavy atom. The Labute approximate surface area is 117 Å². The molecule has 5 nitrogen and oxygen atoms in total. The number of pyridine rings is 1. The molecule has 0 unspecified atom stereocenters. The maximum Gasteiger partial charge on any atom is 0.287 e. The van der Waals surface area contributed by atoms with Crippen LogP contribution in [0.3, 0.4) is 0 Å². The molecular weight excluding hydrogens is 262 g/mol. The third kappa shape index (κ3) is 3.59. The SMILES string of the molecule is CSC1CCC(Nc2ncc([N+](=O)[O-])cc2C)CC1. The smallest absolute Gasteiger partial charge is 0.287 e. The minimum atomic E-state index is -0.409. The fraction of sp³-hybridized carbons (Fsp3) is 0.615. The molecule has 0 aromatic carbocycles. The van der Waals surface area contributed by atoms with Gasteiger partial charge in [0.1, 0.15) is 12.0 Å². The number of nitrogens with zero attached hydrogens (tertiary/aromatic N) is 2. The van der Waals surface area contributed by atoms with Gasteiger partial charge in [-0.25, -0.2) is 4.98 Å². The minimum Gasteiger partial charge on any atom is -0.367 e. The Morgan fingerprint density at radius 3 is 2.63 bits per heavy atom. The lowest BCUT2D eigenvalue weighted by Gasteiger charge is -2.28. The van der Waals surface area contributed by atoms with Crippen LogP contribution in [0, 0.1) is 17.0 Å². The maximum atomic E-state index is 10.7. The fourth-order valence-corrected chi connectivity index (χ4v) is 3.19. The van der Waals surface area contributed by atoms with E-state index in [4.69, 9.17) is 0 Å². The summed E-state index contributed by atoms with van der Waals surface area (Å²) in [4.78, 5) is 14.4. The third-order valence-electron chi connectivity index (χ3n) is 3.62. The number of aryl methyl sites for hydroxylation is 1. The van der Waals surface area contributed by atoms with Crippen LogP contribution in [0.2, 0.25) is 0 Å². The second-order valence-electron chi connectivity index (χ2n) is 4.97. The van der Waals surface area contributed by atoms with Crippen molar-refractivity contribution in [3.63, 3.8) is 0 Å². The van der Waals surface area contributed by atoms with Gasteiger partial charge in [-0.1, -0.05) is 0 Å². The van der Waals surface area contributed by atoms with Gasteiger partial charge in [-0.05, 0) is 44.4 Å². The van der Waals surface area contributed by atoms with Crippen molar-refractivity contribution < 1.29 is 4.92 Å². The molecule has 0 aliphatic heterocycles. The lowest BCUT2D eigenvalue weighted by molar-refractivity contribution is -0.385. The molecule has 1 heterocycles. The zero-order chi connectivity index (χ0) is 13.8. The van der Waals surface area contributed by atoms with Gasteiger partial charge >= 0.3 is 0 Å². The first-order valence-corrected chi connectivity index (χ1v) is 7.79. The van der Waals surface area contributed by atoms with Gasteiger partial charge in [0.25, 0.3) is 5.69 Å². The molecule has 2 rings (SSSR count). The van der Waals surface area contributed by atoms with Gasteiger partial charge in [0.05, 0.1) is 4.92 Å². The fourth-order valence-electron chi connectivity index (χ4n) is 2.45. The Morgan fingerprint density at radius 1 is 1.42 bits per heavy atom. The molecule has 0 atom stereocenters. The number of nitro groups is 1. The van der Waals surface area contributed by atoms with Crippen molar-refractivity contribution in [2.45, 2.75) is 43.9 Å². The number of nitrogens with one attached hydrogen (secondary N) is 1.